The van der Waals surface area contributed by atoms with Gasteiger partial charge in [0.2, 0.25) is 10.0 Å². The molecule has 2 rings (SSSR count). The van der Waals surface area contributed by atoms with Gasteiger partial charge in [0.1, 0.15) is 0 Å². The van der Waals surface area contributed by atoms with E-state index in [0.717, 1.165) is 0 Å². The van der Waals surface area contributed by atoms with Crippen LogP contribution in [0.25, 0.3) is 0 Å². The summed E-state index contributed by atoms with van der Waals surface area (Å²) in [5.41, 5.74) is 2.00. The van der Waals surface area contributed by atoms with Gasteiger partial charge < -0.3 is 5.32 Å². The molecular formula is C12H14N4O3S. The second-order valence-corrected chi connectivity index (χ2v) is 5.90. The number of anilines is 1. The molecule has 2 aromatic rings. The van der Waals surface area contributed by atoms with Crippen molar-refractivity contribution >= 4 is 21.6 Å². The van der Waals surface area contributed by atoms with Crippen LogP contribution in [-0.4, -0.2) is 24.5 Å². The van der Waals surface area contributed by atoms with Gasteiger partial charge in [0.05, 0.1) is 16.2 Å². The van der Waals surface area contributed by atoms with Crippen LogP contribution in [0.2, 0.25) is 0 Å². The first-order valence-electron chi connectivity index (χ1n) is 5.75. The number of nitrogens with zero attached hydrogens (tertiary/aromatic N) is 1. The van der Waals surface area contributed by atoms with Gasteiger partial charge in [-0.25, -0.2) is 13.6 Å². The molecule has 0 unspecified atom stereocenters. The largest absolute Gasteiger partial charge is 0.322 e. The van der Waals surface area contributed by atoms with Gasteiger partial charge in [0, 0.05) is 11.4 Å². The van der Waals surface area contributed by atoms with Crippen molar-refractivity contribution in [3.8, 4) is 0 Å². The number of benzene rings is 1. The fourth-order valence-corrected chi connectivity index (χ4v) is 2.39. The fourth-order valence-electron chi connectivity index (χ4n) is 1.83. The second kappa shape index (κ2) is 5.06. The number of H-pyrrole nitrogens is 1. The number of aryl methyl sites for hydroxylation is 2. The Morgan fingerprint density at radius 1 is 1.35 bits per heavy atom. The van der Waals surface area contributed by atoms with Crippen LogP contribution >= 0.6 is 0 Å². The maximum Gasteiger partial charge on any atom is 0.259 e. The van der Waals surface area contributed by atoms with E-state index in [2.05, 4.69) is 15.5 Å². The molecule has 1 aromatic carbocycles. The summed E-state index contributed by atoms with van der Waals surface area (Å²) >= 11 is 0. The van der Waals surface area contributed by atoms with Gasteiger partial charge in [-0.05, 0) is 32.0 Å². The number of sulfonamides is 1. The molecule has 20 heavy (non-hydrogen) atoms. The molecular weight excluding hydrogens is 280 g/mol. The van der Waals surface area contributed by atoms with E-state index in [0.29, 0.717) is 22.6 Å². The van der Waals surface area contributed by atoms with Crippen LogP contribution in [0.15, 0.2) is 29.2 Å². The Morgan fingerprint density at radius 2 is 2.05 bits per heavy atom. The summed E-state index contributed by atoms with van der Waals surface area (Å²) < 4.78 is 22.5. The molecule has 1 heterocycles. The summed E-state index contributed by atoms with van der Waals surface area (Å²) in [7, 11) is -3.80. The molecule has 1 aromatic heterocycles. The summed E-state index contributed by atoms with van der Waals surface area (Å²) in [6.45, 7) is 3.44. The van der Waals surface area contributed by atoms with Crippen molar-refractivity contribution < 1.29 is 13.2 Å². The number of aromatic nitrogens is 2. The molecule has 0 saturated heterocycles. The highest BCUT2D eigenvalue weighted by molar-refractivity contribution is 7.89. The zero-order valence-electron chi connectivity index (χ0n) is 11.0. The molecule has 0 spiro atoms. The van der Waals surface area contributed by atoms with Gasteiger partial charge in [-0.1, -0.05) is 6.07 Å². The van der Waals surface area contributed by atoms with E-state index >= 15 is 0 Å². The van der Waals surface area contributed by atoms with Crippen molar-refractivity contribution in [2.75, 3.05) is 5.32 Å². The Labute approximate surface area is 116 Å². The van der Waals surface area contributed by atoms with E-state index in [1.807, 2.05) is 0 Å². The predicted molar refractivity (Wildman–Crippen MR) is 73.8 cm³/mol. The minimum atomic E-state index is -3.80. The maximum atomic E-state index is 12.1. The summed E-state index contributed by atoms with van der Waals surface area (Å²) in [5, 5.41) is 14.3. The molecule has 0 fully saturated rings. The Balaban J connectivity index is 2.29. The number of carbonyl (C=O) groups excluding carboxylic acids is 1. The van der Waals surface area contributed by atoms with Gasteiger partial charge >= 0.3 is 0 Å². The monoisotopic (exact) mass is 294 g/mol. The van der Waals surface area contributed by atoms with Crippen LogP contribution in [-0.2, 0) is 10.0 Å². The fraction of sp³-hybridized carbons (Fsp3) is 0.167. The summed E-state index contributed by atoms with van der Waals surface area (Å²) in [6.07, 6.45) is 0. The molecule has 0 bridgehead atoms. The highest BCUT2D eigenvalue weighted by atomic mass is 32.2. The maximum absolute atomic E-state index is 12.1. The standard InChI is InChI=1S/C12H14N4O3S/c1-7-11(8(2)16-15-7)12(17)14-9-4-3-5-10(6-9)20(13,18)19/h3-6H,1-2H3,(H,14,17)(H,15,16)(H2,13,18,19). The number of hydrogen-bond acceptors (Lipinski definition) is 4. The van der Waals surface area contributed by atoms with Crippen molar-refractivity contribution in [2.45, 2.75) is 18.7 Å². The topological polar surface area (TPSA) is 118 Å². The lowest BCUT2D eigenvalue weighted by molar-refractivity contribution is 0.102. The Hall–Kier alpha value is -2.19. The molecule has 0 aliphatic heterocycles. The lowest BCUT2D eigenvalue weighted by atomic mass is 10.2. The Kier molecular flexibility index (Phi) is 3.60. The summed E-state index contributed by atoms with van der Waals surface area (Å²) in [6, 6.07) is 5.75. The lowest BCUT2D eigenvalue weighted by Crippen LogP contribution is -2.15. The third-order valence-corrected chi connectivity index (χ3v) is 3.69. The van der Waals surface area contributed by atoms with Gasteiger partial charge in [-0.3, -0.25) is 9.89 Å². The van der Waals surface area contributed by atoms with E-state index in [-0.39, 0.29) is 10.8 Å². The molecule has 0 atom stereocenters. The Morgan fingerprint density at radius 3 is 2.60 bits per heavy atom. The number of rotatable bonds is 3. The van der Waals surface area contributed by atoms with E-state index < -0.39 is 10.0 Å². The zero-order chi connectivity index (χ0) is 14.9. The van der Waals surface area contributed by atoms with E-state index in [1.54, 1.807) is 19.9 Å². The van der Waals surface area contributed by atoms with Crippen LogP contribution in [0, 0.1) is 13.8 Å². The number of primary sulfonamides is 1. The number of aromatic amines is 1. The van der Waals surface area contributed by atoms with Crippen molar-refractivity contribution in [1.29, 1.82) is 0 Å². The normalized spacial score (nSPS) is 11.3. The molecule has 0 saturated carbocycles. The zero-order valence-corrected chi connectivity index (χ0v) is 11.8. The molecule has 0 aliphatic carbocycles. The molecule has 4 N–H and O–H groups in total. The van der Waals surface area contributed by atoms with Crippen molar-refractivity contribution in [3.63, 3.8) is 0 Å². The first-order chi connectivity index (χ1) is 9.29. The van der Waals surface area contributed by atoms with Crippen LogP contribution < -0.4 is 10.5 Å². The van der Waals surface area contributed by atoms with E-state index in [1.165, 1.54) is 18.2 Å². The molecule has 1 amide bonds. The van der Waals surface area contributed by atoms with Crippen molar-refractivity contribution in [3.05, 3.63) is 41.2 Å². The quantitative estimate of drug-likeness (QED) is 0.780. The molecule has 7 nitrogen and oxygen atoms in total. The minimum absolute atomic E-state index is 0.0593. The highest BCUT2D eigenvalue weighted by Crippen LogP contribution is 2.17. The number of nitrogens with one attached hydrogen (secondary N) is 2. The van der Waals surface area contributed by atoms with Crippen LogP contribution in [0.3, 0.4) is 0 Å². The average molecular weight is 294 g/mol. The minimum Gasteiger partial charge on any atom is -0.322 e. The Bertz CT molecular complexity index is 745. The van der Waals surface area contributed by atoms with Crippen molar-refractivity contribution in [2.24, 2.45) is 5.14 Å². The van der Waals surface area contributed by atoms with Crippen LogP contribution in [0.5, 0.6) is 0 Å². The first-order valence-corrected chi connectivity index (χ1v) is 7.29. The number of hydrogen-bond donors (Lipinski definition) is 3. The van der Waals surface area contributed by atoms with Crippen molar-refractivity contribution in [1.82, 2.24) is 10.2 Å². The lowest BCUT2D eigenvalue weighted by Gasteiger charge is -2.06. The van der Waals surface area contributed by atoms with E-state index in [4.69, 9.17) is 5.14 Å². The van der Waals surface area contributed by atoms with Crippen LogP contribution in [0.4, 0.5) is 5.69 Å². The molecule has 8 heteroatoms. The summed E-state index contributed by atoms with van der Waals surface area (Å²) in [4.78, 5) is 12.1. The van der Waals surface area contributed by atoms with Gasteiger partial charge in [-0.2, -0.15) is 5.10 Å². The summed E-state index contributed by atoms with van der Waals surface area (Å²) in [5.74, 6) is -0.361. The average Bonchev–Trinajstić information content (AvgIpc) is 2.68. The first kappa shape index (κ1) is 14.2. The molecule has 0 radical (unpaired) electrons. The molecule has 106 valence electrons. The SMILES string of the molecule is Cc1n[nH]c(C)c1C(=O)Nc1cccc(S(N)(=O)=O)c1. The number of amides is 1. The van der Waals surface area contributed by atoms with Gasteiger partial charge in [-0.15, -0.1) is 0 Å². The van der Waals surface area contributed by atoms with Crippen LogP contribution in [0.1, 0.15) is 21.7 Å². The molecule has 0 aliphatic rings. The third-order valence-electron chi connectivity index (χ3n) is 2.78. The number of nitrogens with two attached hydrogens (primary N) is 1. The number of carbonyl (C=O) groups is 1. The van der Waals surface area contributed by atoms with Gasteiger partial charge in [0.25, 0.3) is 5.91 Å². The smallest absolute Gasteiger partial charge is 0.259 e. The third kappa shape index (κ3) is 2.86. The van der Waals surface area contributed by atoms with E-state index in [9.17, 15) is 13.2 Å². The predicted octanol–water partition coefficient (Wildman–Crippen LogP) is 0.926. The van der Waals surface area contributed by atoms with Gasteiger partial charge in [0.15, 0.2) is 0 Å². The second-order valence-electron chi connectivity index (χ2n) is 4.34. The highest BCUT2D eigenvalue weighted by Gasteiger charge is 2.16.